The summed E-state index contributed by atoms with van der Waals surface area (Å²) in [6.45, 7) is 3.47. The smallest absolute Gasteiger partial charge is 0.323 e. The molecule has 8 nitrogen and oxygen atoms in total. The summed E-state index contributed by atoms with van der Waals surface area (Å²) in [7, 11) is 0. The number of benzene rings is 3. The number of nitrogens with one attached hydrogen (secondary N) is 3. The molecule has 5 rings (SSSR count). The summed E-state index contributed by atoms with van der Waals surface area (Å²) >= 11 is 5.76. The third kappa shape index (κ3) is 5.27. The Morgan fingerprint density at radius 2 is 1.67 bits per heavy atom. The Morgan fingerprint density at radius 1 is 0.917 bits per heavy atom. The fraction of sp³-hybridized carbons (Fsp3) is 0.154. The van der Waals surface area contributed by atoms with Gasteiger partial charge in [0, 0.05) is 48.7 Å². The molecule has 10 heteroatoms. The van der Waals surface area contributed by atoms with Crippen LogP contribution in [-0.2, 0) is 0 Å². The van der Waals surface area contributed by atoms with Crippen molar-refractivity contribution >= 4 is 51.6 Å². The van der Waals surface area contributed by atoms with Gasteiger partial charge in [0.15, 0.2) is 5.78 Å². The maximum Gasteiger partial charge on any atom is 0.323 e. The fourth-order valence-electron chi connectivity index (χ4n) is 3.96. The van der Waals surface area contributed by atoms with E-state index in [9.17, 15) is 14.0 Å². The standard InChI is InChI=1S/C26H22ClFN6O2/c27-20-14-19(5-6-21(20)28)32-26(36)31-18-3-1-2-16(12-18)25(35)17-4-7-22-23(13-17)33-24(15-30-22)34-10-8-29-9-11-34/h1-7,12-15,29H,8-11H2,(H2,31,32,36). The van der Waals surface area contributed by atoms with E-state index >= 15 is 0 Å². The number of halogens is 2. The lowest BCUT2D eigenvalue weighted by Gasteiger charge is -2.28. The van der Waals surface area contributed by atoms with Gasteiger partial charge in [-0.05, 0) is 48.5 Å². The van der Waals surface area contributed by atoms with E-state index in [-0.39, 0.29) is 10.8 Å². The van der Waals surface area contributed by atoms with Gasteiger partial charge in [-0.1, -0.05) is 23.7 Å². The first kappa shape index (κ1) is 23.7. The van der Waals surface area contributed by atoms with Gasteiger partial charge in [-0.15, -0.1) is 0 Å². The van der Waals surface area contributed by atoms with Gasteiger partial charge in [0.2, 0.25) is 0 Å². The number of nitrogens with zero attached hydrogens (tertiary/aromatic N) is 3. The van der Waals surface area contributed by atoms with Crippen LogP contribution in [0, 0.1) is 5.82 Å². The summed E-state index contributed by atoms with van der Waals surface area (Å²) in [4.78, 5) is 37.0. The minimum atomic E-state index is -0.575. The molecule has 1 fully saturated rings. The molecule has 3 aromatic carbocycles. The second kappa shape index (κ2) is 10.3. The maximum absolute atomic E-state index is 13.3. The van der Waals surface area contributed by atoms with Gasteiger partial charge < -0.3 is 20.9 Å². The third-order valence-electron chi connectivity index (χ3n) is 5.79. The average molecular weight is 505 g/mol. The highest BCUT2D eigenvalue weighted by Gasteiger charge is 2.15. The topological polar surface area (TPSA) is 99.2 Å². The number of rotatable bonds is 5. The van der Waals surface area contributed by atoms with Crippen LogP contribution in [0.2, 0.25) is 5.02 Å². The van der Waals surface area contributed by atoms with Crippen LogP contribution in [0.1, 0.15) is 15.9 Å². The predicted molar refractivity (Wildman–Crippen MR) is 139 cm³/mol. The molecule has 0 atom stereocenters. The molecule has 2 heterocycles. The first-order chi connectivity index (χ1) is 17.5. The van der Waals surface area contributed by atoms with E-state index in [0.29, 0.717) is 33.5 Å². The average Bonchev–Trinajstić information content (AvgIpc) is 2.90. The van der Waals surface area contributed by atoms with Crippen molar-refractivity contribution in [3.05, 3.63) is 88.8 Å². The van der Waals surface area contributed by atoms with Gasteiger partial charge >= 0.3 is 6.03 Å². The number of piperazine rings is 1. The van der Waals surface area contributed by atoms with Crippen LogP contribution in [0.25, 0.3) is 11.0 Å². The van der Waals surface area contributed by atoms with E-state index in [1.54, 1.807) is 48.7 Å². The first-order valence-corrected chi connectivity index (χ1v) is 11.7. The first-order valence-electron chi connectivity index (χ1n) is 11.4. The molecular formula is C26H22ClFN6O2. The zero-order valence-corrected chi connectivity index (χ0v) is 19.8. The van der Waals surface area contributed by atoms with Crippen LogP contribution in [0.4, 0.5) is 26.4 Å². The number of carbonyl (C=O) groups excluding carboxylic acids is 2. The van der Waals surface area contributed by atoms with Crippen LogP contribution in [0.15, 0.2) is 66.9 Å². The van der Waals surface area contributed by atoms with Gasteiger partial charge in [0.1, 0.15) is 11.6 Å². The molecule has 1 aliphatic heterocycles. The summed E-state index contributed by atoms with van der Waals surface area (Å²) in [6.07, 6.45) is 1.76. The highest BCUT2D eigenvalue weighted by Crippen LogP contribution is 2.22. The minimum Gasteiger partial charge on any atom is -0.353 e. The Balaban J connectivity index is 1.32. The van der Waals surface area contributed by atoms with Gasteiger partial charge in [0.05, 0.1) is 22.3 Å². The van der Waals surface area contributed by atoms with E-state index < -0.39 is 11.8 Å². The summed E-state index contributed by atoms with van der Waals surface area (Å²) in [6, 6.07) is 15.2. The molecule has 1 saturated heterocycles. The zero-order chi connectivity index (χ0) is 25.1. The number of carbonyl (C=O) groups is 2. The SMILES string of the molecule is O=C(Nc1cccc(C(=O)c2ccc3ncc(N4CCNCC4)nc3c2)c1)Nc1ccc(F)c(Cl)c1. The fourth-order valence-corrected chi connectivity index (χ4v) is 4.14. The number of ketones is 1. The summed E-state index contributed by atoms with van der Waals surface area (Å²) in [5, 5.41) is 8.47. The Kier molecular flexibility index (Phi) is 6.75. The molecule has 2 amide bonds. The van der Waals surface area contributed by atoms with Crippen LogP contribution < -0.4 is 20.9 Å². The van der Waals surface area contributed by atoms with Crippen molar-refractivity contribution in [2.24, 2.45) is 0 Å². The number of urea groups is 1. The van der Waals surface area contributed by atoms with Gasteiger partial charge in [0.25, 0.3) is 0 Å². The molecule has 0 saturated carbocycles. The summed E-state index contributed by atoms with van der Waals surface area (Å²) in [5.41, 5.74) is 2.98. The van der Waals surface area contributed by atoms with E-state index in [4.69, 9.17) is 16.6 Å². The van der Waals surface area contributed by atoms with Gasteiger partial charge in [-0.3, -0.25) is 9.78 Å². The quantitative estimate of drug-likeness (QED) is 0.340. The molecule has 0 aliphatic carbocycles. The van der Waals surface area contributed by atoms with Crippen molar-refractivity contribution in [1.29, 1.82) is 0 Å². The van der Waals surface area contributed by atoms with Crippen molar-refractivity contribution in [2.75, 3.05) is 41.7 Å². The number of hydrogen-bond donors (Lipinski definition) is 3. The van der Waals surface area contributed by atoms with E-state index in [1.807, 2.05) is 0 Å². The molecule has 0 spiro atoms. The number of aromatic nitrogens is 2. The zero-order valence-electron chi connectivity index (χ0n) is 19.1. The monoisotopic (exact) mass is 504 g/mol. The number of anilines is 3. The Morgan fingerprint density at radius 3 is 2.44 bits per heavy atom. The van der Waals surface area contributed by atoms with Crippen LogP contribution >= 0.6 is 11.6 Å². The molecule has 36 heavy (non-hydrogen) atoms. The number of hydrogen-bond acceptors (Lipinski definition) is 6. The Hall–Kier alpha value is -4.08. The van der Waals surface area contributed by atoms with Gasteiger partial charge in [-0.25, -0.2) is 14.2 Å². The molecule has 4 aromatic rings. The Labute approximate surface area is 211 Å². The highest BCUT2D eigenvalue weighted by molar-refractivity contribution is 6.31. The summed E-state index contributed by atoms with van der Waals surface area (Å²) in [5.74, 6) is 0.00225. The van der Waals surface area contributed by atoms with Crippen LogP contribution in [-0.4, -0.2) is 48.0 Å². The minimum absolute atomic E-state index is 0.0967. The highest BCUT2D eigenvalue weighted by atomic mass is 35.5. The van der Waals surface area contributed by atoms with Gasteiger partial charge in [-0.2, -0.15) is 0 Å². The lowest BCUT2D eigenvalue weighted by atomic mass is 10.0. The largest absolute Gasteiger partial charge is 0.353 e. The number of amides is 2. The normalized spacial score (nSPS) is 13.4. The van der Waals surface area contributed by atoms with Crippen molar-refractivity contribution in [3.63, 3.8) is 0 Å². The second-order valence-electron chi connectivity index (χ2n) is 8.29. The van der Waals surface area contributed by atoms with Crippen LogP contribution in [0.5, 0.6) is 0 Å². The lowest BCUT2D eigenvalue weighted by Crippen LogP contribution is -2.43. The van der Waals surface area contributed by atoms with Crippen molar-refractivity contribution in [1.82, 2.24) is 15.3 Å². The lowest BCUT2D eigenvalue weighted by molar-refractivity contribution is 0.103. The molecule has 1 aliphatic rings. The predicted octanol–water partition coefficient (Wildman–Crippen LogP) is 4.71. The molecule has 3 N–H and O–H groups in total. The molecule has 0 bridgehead atoms. The Bertz CT molecular complexity index is 1460. The van der Waals surface area contributed by atoms with E-state index in [0.717, 1.165) is 38.1 Å². The number of fused-ring (bicyclic) bond motifs is 1. The molecule has 0 unspecified atom stereocenters. The van der Waals surface area contributed by atoms with Crippen molar-refractivity contribution in [3.8, 4) is 0 Å². The van der Waals surface area contributed by atoms with Crippen LogP contribution in [0.3, 0.4) is 0 Å². The summed E-state index contributed by atoms with van der Waals surface area (Å²) < 4.78 is 13.3. The second-order valence-corrected chi connectivity index (χ2v) is 8.69. The molecular weight excluding hydrogens is 483 g/mol. The van der Waals surface area contributed by atoms with Crippen molar-refractivity contribution < 1.29 is 14.0 Å². The van der Waals surface area contributed by atoms with E-state index in [2.05, 4.69) is 25.8 Å². The molecule has 1 aromatic heterocycles. The van der Waals surface area contributed by atoms with E-state index in [1.165, 1.54) is 12.1 Å². The van der Waals surface area contributed by atoms with Crippen molar-refractivity contribution in [2.45, 2.75) is 0 Å². The third-order valence-corrected chi connectivity index (χ3v) is 6.08. The molecule has 182 valence electrons. The molecule has 0 radical (unpaired) electrons. The maximum atomic E-state index is 13.3.